The van der Waals surface area contributed by atoms with E-state index in [0.717, 1.165) is 16.7 Å². The van der Waals surface area contributed by atoms with Gasteiger partial charge in [-0.25, -0.2) is 23.5 Å². The molecule has 0 spiro atoms. The molecule has 2 aliphatic heterocycles. The van der Waals surface area contributed by atoms with Crippen LogP contribution in [-0.4, -0.2) is 58.3 Å². The fourth-order valence-corrected chi connectivity index (χ4v) is 9.13. The Balaban J connectivity index is 1.74. The number of halogens is 2. The summed E-state index contributed by atoms with van der Waals surface area (Å²) in [6.07, 6.45) is 0. The lowest BCUT2D eigenvalue weighted by atomic mass is 10.2. The van der Waals surface area contributed by atoms with Crippen LogP contribution < -0.4 is 5.30 Å². The molecule has 2 aliphatic rings. The number of aromatic nitrogens is 2. The Bertz CT molecular complexity index is 1580. The largest absolute Gasteiger partial charge is 0.379 e. The molecule has 0 radical (unpaired) electrons. The lowest BCUT2D eigenvalue weighted by molar-refractivity contribution is 0.0732. The van der Waals surface area contributed by atoms with Crippen LogP contribution in [0.15, 0.2) is 88.6 Å². The average Bonchev–Trinajstić information content (AvgIpc) is 3.29. The lowest BCUT2D eigenvalue weighted by Crippen LogP contribution is -2.45. The van der Waals surface area contributed by atoms with Gasteiger partial charge in [-0.05, 0) is 43.3 Å². The molecular formula is C28H27ClFN6OP. The first-order valence-corrected chi connectivity index (χ1v) is 14.5. The van der Waals surface area contributed by atoms with Crippen LogP contribution in [-0.2, 0) is 4.74 Å². The van der Waals surface area contributed by atoms with Crippen molar-refractivity contribution in [2.24, 2.45) is 9.74 Å². The summed E-state index contributed by atoms with van der Waals surface area (Å²) in [5, 5.41) is 6.46. The van der Waals surface area contributed by atoms with Crippen LogP contribution in [0.2, 0.25) is 5.02 Å². The molecule has 3 aromatic carbocycles. The maximum absolute atomic E-state index is 15.3. The minimum Gasteiger partial charge on any atom is -0.379 e. The first-order valence-electron chi connectivity index (χ1n) is 12.4. The van der Waals surface area contributed by atoms with Crippen molar-refractivity contribution in [3.05, 3.63) is 101 Å². The molecule has 10 heteroatoms. The number of hydrogen-bond acceptors (Lipinski definition) is 4. The van der Waals surface area contributed by atoms with Crippen molar-refractivity contribution in [3.8, 4) is 5.69 Å². The highest BCUT2D eigenvalue weighted by Crippen LogP contribution is 2.62. The first-order chi connectivity index (χ1) is 18.5. The number of para-hydroxylation sites is 1. The molecule has 4 aromatic rings. The Morgan fingerprint density at radius 3 is 2.37 bits per heavy atom. The molecule has 1 aromatic heterocycles. The summed E-state index contributed by atoms with van der Waals surface area (Å²) in [5.74, 6) is 0.811. The fourth-order valence-electron chi connectivity index (χ4n) is 5.07. The zero-order chi connectivity index (χ0) is 26.3. The third-order valence-electron chi connectivity index (χ3n) is 6.84. The molecule has 38 heavy (non-hydrogen) atoms. The van der Waals surface area contributed by atoms with Gasteiger partial charge in [0.15, 0.2) is 13.2 Å². The smallest absolute Gasteiger partial charge is 0.170 e. The minimum atomic E-state index is -2.83. The van der Waals surface area contributed by atoms with Gasteiger partial charge >= 0.3 is 0 Å². The van der Waals surface area contributed by atoms with Crippen LogP contribution >= 0.6 is 19.0 Å². The molecule has 0 saturated carbocycles. The standard InChI is InChI=1S/C28H27ClFN6OP/c1-20-26-28(36(32-20)21-10-4-3-5-11-21)31-27(22-12-6-8-14-24(22)30)34(2)38(26,35-16-18-37-19-17-35)33-25-15-9-7-13-23(25)29/h3-15H,16-19H2,1-2H3. The number of benzene rings is 3. The second-order valence-corrected chi connectivity index (χ2v) is 12.5. The van der Waals surface area contributed by atoms with Gasteiger partial charge in [0.05, 0.1) is 46.2 Å². The Hall–Kier alpha value is -3.29. The summed E-state index contributed by atoms with van der Waals surface area (Å²) in [5.41, 5.74) is 2.78. The fraction of sp³-hybridized carbons (Fsp3) is 0.214. The lowest BCUT2D eigenvalue weighted by Gasteiger charge is -2.46. The molecule has 1 unspecified atom stereocenters. The van der Waals surface area contributed by atoms with E-state index in [1.807, 2.05) is 79.3 Å². The molecule has 1 atom stereocenters. The summed E-state index contributed by atoms with van der Waals surface area (Å²) in [4.78, 5) is 5.09. The predicted molar refractivity (Wildman–Crippen MR) is 151 cm³/mol. The van der Waals surface area contributed by atoms with Crippen LogP contribution in [0.3, 0.4) is 0 Å². The van der Waals surface area contributed by atoms with Gasteiger partial charge < -0.3 is 9.41 Å². The van der Waals surface area contributed by atoms with Gasteiger partial charge in [0.1, 0.15) is 11.7 Å². The number of rotatable bonds is 4. The van der Waals surface area contributed by atoms with Crippen molar-refractivity contribution in [2.75, 3.05) is 33.4 Å². The number of morpholine rings is 1. The zero-order valence-corrected chi connectivity index (χ0v) is 22.8. The van der Waals surface area contributed by atoms with Gasteiger partial charge in [0.25, 0.3) is 0 Å². The number of amidine groups is 1. The highest BCUT2D eigenvalue weighted by Gasteiger charge is 2.46. The van der Waals surface area contributed by atoms with E-state index in [-0.39, 0.29) is 5.82 Å². The SMILES string of the molecule is Cc1nn(-c2ccccc2)c2c1P(=Nc1ccccc1Cl)(N1CCOCC1)N(C)C(c1ccccc1F)=N2. The van der Waals surface area contributed by atoms with E-state index in [2.05, 4.69) is 9.34 Å². The van der Waals surface area contributed by atoms with Crippen molar-refractivity contribution in [1.82, 2.24) is 19.1 Å². The number of fused-ring (bicyclic) bond motifs is 1. The van der Waals surface area contributed by atoms with Crippen LogP contribution in [0.4, 0.5) is 15.9 Å². The topological polar surface area (TPSA) is 58.3 Å². The second-order valence-electron chi connectivity index (χ2n) is 9.13. The average molecular weight is 549 g/mol. The van der Waals surface area contributed by atoms with Gasteiger partial charge in [0.2, 0.25) is 0 Å². The maximum atomic E-state index is 15.3. The van der Waals surface area contributed by atoms with Crippen LogP contribution in [0.1, 0.15) is 11.3 Å². The van der Waals surface area contributed by atoms with Gasteiger partial charge in [-0.2, -0.15) is 5.10 Å². The van der Waals surface area contributed by atoms with E-state index >= 15 is 4.39 Å². The number of aryl methyl sites for hydroxylation is 1. The van der Waals surface area contributed by atoms with Crippen LogP contribution in [0, 0.1) is 12.7 Å². The molecule has 0 bridgehead atoms. The summed E-state index contributed by atoms with van der Waals surface area (Å²) in [6.45, 7) is 4.45. The van der Waals surface area contributed by atoms with Gasteiger partial charge in [-0.15, -0.1) is 0 Å². The third-order valence-corrected chi connectivity index (χ3v) is 11.0. The van der Waals surface area contributed by atoms with Gasteiger partial charge in [-0.3, -0.25) is 0 Å². The van der Waals surface area contributed by atoms with E-state index in [4.69, 9.17) is 31.2 Å². The molecule has 3 heterocycles. The van der Waals surface area contributed by atoms with E-state index in [1.54, 1.807) is 12.1 Å². The predicted octanol–water partition coefficient (Wildman–Crippen LogP) is 6.32. The molecule has 1 saturated heterocycles. The molecular weight excluding hydrogens is 522 g/mol. The Labute approximate surface area is 226 Å². The third kappa shape index (κ3) is 4.09. The van der Waals surface area contributed by atoms with Crippen molar-refractivity contribution in [2.45, 2.75) is 6.92 Å². The highest BCUT2D eigenvalue weighted by molar-refractivity contribution is 7.70. The summed E-state index contributed by atoms with van der Waals surface area (Å²) in [7, 11) is -0.872. The Kier molecular flexibility index (Phi) is 6.66. The number of hydrogen-bond donors (Lipinski definition) is 0. The normalized spacial score (nSPS) is 19.7. The first kappa shape index (κ1) is 25.0. The molecule has 6 rings (SSSR count). The number of nitrogens with zero attached hydrogens (tertiary/aromatic N) is 6. The monoisotopic (exact) mass is 548 g/mol. The second kappa shape index (κ2) is 10.1. The van der Waals surface area contributed by atoms with Crippen molar-refractivity contribution in [1.29, 1.82) is 0 Å². The number of aliphatic imine (C=N–C) groups is 1. The molecule has 0 N–H and O–H groups in total. The van der Waals surface area contributed by atoms with Gasteiger partial charge in [-0.1, -0.05) is 54.1 Å². The maximum Gasteiger partial charge on any atom is 0.170 e. The quantitative estimate of drug-likeness (QED) is 0.280. The van der Waals surface area contributed by atoms with E-state index in [0.29, 0.717) is 54.2 Å². The molecule has 0 amide bonds. The van der Waals surface area contributed by atoms with Crippen LogP contribution in [0.5, 0.6) is 0 Å². The van der Waals surface area contributed by atoms with E-state index in [9.17, 15) is 0 Å². The van der Waals surface area contributed by atoms with Crippen molar-refractivity contribution >= 4 is 41.6 Å². The summed E-state index contributed by atoms with van der Waals surface area (Å²) in [6, 6.07) is 24.2. The van der Waals surface area contributed by atoms with Gasteiger partial charge in [0, 0.05) is 20.1 Å². The molecule has 0 aliphatic carbocycles. The summed E-state index contributed by atoms with van der Waals surface area (Å²) >= 11 is 6.69. The Morgan fingerprint density at radius 2 is 1.63 bits per heavy atom. The van der Waals surface area contributed by atoms with Crippen molar-refractivity contribution in [3.63, 3.8) is 0 Å². The van der Waals surface area contributed by atoms with Crippen LogP contribution in [0.25, 0.3) is 5.69 Å². The molecule has 7 nitrogen and oxygen atoms in total. The van der Waals surface area contributed by atoms with Crippen molar-refractivity contribution < 1.29 is 9.13 Å². The Morgan fingerprint density at radius 1 is 0.947 bits per heavy atom. The highest BCUT2D eigenvalue weighted by atomic mass is 35.5. The molecule has 194 valence electrons. The zero-order valence-electron chi connectivity index (χ0n) is 21.1. The summed E-state index contributed by atoms with van der Waals surface area (Å²) < 4.78 is 32.8. The van der Waals surface area contributed by atoms with E-state index < -0.39 is 7.36 Å². The molecule has 1 fully saturated rings. The number of ether oxygens (including phenoxy) is 1. The van der Waals surface area contributed by atoms with E-state index in [1.165, 1.54) is 6.07 Å². The minimum absolute atomic E-state index is 0.345.